The standard InChI is InChI=1S/C19H29N3O3/c1-3-25-18-7-6-15(14(2)23)11-17(18)13-22-10-4-5-16(12-22)19(24)21-9-8-20/h6-7,11,16H,3-5,8-10,12-13,20H2,1-2H3,(H,21,24). The van der Waals surface area contributed by atoms with Gasteiger partial charge in [-0.15, -0.1) is 0 Å². The number of ether oxygens (including phenoxy) is 1. The Balaban J connectivity index is 2.08. The first-order valence-electron chi connectivity index (χ1n) is 9.02. The molecule has 0 aliphatic carbocycles. The highest BCUT2D eigenvalue weighted by molar-refractivity contribution is 5.94. The van der Waals surface area contributed by atoms with Crippen molar-refractivity contribution >= 4 is 11.7 Å². The van der Waals surface area contributed by atoms with Gasteiger partial charge in [0, 0.05) is 37.3 Å². The van der Waals surface area contributed by atoms with Gasteiger partial charge in [0.05, 0.1) is 12.5 Å². The molecule has 1 aromatic rings. The molecule has 2 rings (SSSR count). The van der Waals surface area contributed by atoms with Crippen LogP contribution in [0.25, 0.3) is 0 Å². The molecule has 6 heteroatoms. The van der Waals surface area contributed by atoms with Gasteiger partial charge in [0.2, 0.25) is 5.91 Å². The second-order valence-corrected chi connectivity index (χ2v) is 6.47. The third-order valence-corrected chi connectivity index (χ3v) is 4.48. The zero-order valence-electron chi connectivity index (χ0n) is 15.2. The van der Waals surface area contributed by atoms with Crippen molar-refractivity contribution in [3.05, 3.63) is 29.3 Å². The number of carbonyl (C=O) groups is 2. The normalized spacial score (nSPS) is 18.0. The van der Waals surface area contributed by atoms with Crippen molar-refractivity contribution in [2.45, 2.75) is 33.2 Å². The number of carbonyl (C=O) groups excluding carboxylic acids is 2. The highest BCUT2D eigenvalue weighted by Crippen LogP contribution is 2.25. The van der Waals surface area contributed by atoms with Crippen molar-refractivity contribution in [3.63, 3.8) is 0 Å². The minimum absolute atomic E-state index is 0.00756. The van der Waals surface area contributed by atoms with Crippen molar-refractivity contribution in [2.75, 3.05) is 32.8 Å². The van der Waals surface area contributed by atoms with Gasteiger partial charge in [-0.1, -0.05) is 0 Å². The van der Waals surface area contributed by atoms with Gasteiger partial charge < -0.3 is 15.8 Å². The predicted molar refractivity (Wildman–Crippen MR) is 97.7 cm³/mol. The Labute approximate surface area is 149 Å². The summed E-state index contributed by atoms with van der Waals surface area (Å²) in [5.74, 6) is 0.925. The molecule has 25 heavy (non-hydrogen) atoms. The van der Waals surface area contributed by atoms with E-state index in [0.717, 1.165) is 30.7 Å². The van der Waals surface area contributed by atoms with Gasteiger partial charge in [-0.05, 0) is 51.4 Å². The number of benzene rings is 1. The van der Waals surface area contributed by atoms with Crippen LogP contribution in [0, 0.1) is 5.92 Å². The molecule has 0 radical (unpaired) electrons. The van der Waals surface area contributed by atoms with Crippen LogP contribution in [0.2, 0.25) is 0 Å². The summed E-state index contributed by atoms with van der Waals surface area (Å²) in [7, 11) is 0. The van der Waals surface area contributed by atoms with E-state index < -0.39 is 0 Å². The molecule has 1 fully saturated rings. The van der Waals surface area contributed by atoms with Crippen molar-refractivity contribution in [2.24, 2.45) is 11.7 Å². The molecule has 1 atom stereocenters. The molecule has 1 unspecified atom stereocenters. The van der Waals surface area contributed by atoms with Crippen LogP contribution in [0.4, 0.5) is 0 Å². The van der Waals surface area contributed by atoms with Crippen molar-refractivity contribution in [1.29, 1.82) is 0 Å². The topological polar surface area (TPSA) is 84.7 Å². The molecule has 1 aromatic carbocycles. The number of hydrogen-bond donors (Lipinski definition) is 2. The second-order valence-electron chi connectivity index (χ2n) is 6.47. The Morgan fingerprint density at radius 3 is 2.88 bits per heavy atom. The molecule has 1 aliphatic rings. The molecule has 3 N–H and O–H groups in total. The molecule has 138 valence electrons. The maximum atomic E-state index is 12.2. The minimum atomic E-state index is -0.00756. The minimum Gasteiger partial charge on any atom is -0.494 e. The molecule has 6 nitrogen and oxygen atoms in total. The van der Waals surface area contributed by atoms with Gasteiger partial charge in [0.25, 0.3) is 0 Å². The number of likely N-dealkylation sites (tertiary alicyclic amines) is 1. The quantitative estimate of drug-likeness (QED) is 0.698. The molecule has 1 heterocycles. The van der Waals surface area contributed by atoms with Crippen molar-refractivity contribution < 1.29 is 14.3 Å². The average Bonchev–Trinajstić information content (AvgIpc) is 2.61. The molecular formula is C19H29N3O3. The van der Waals surface area contributed by atoms with E-state index in [1.807, 2.05) is 19.1 Å². The van der Waals surface area contributed by atoms with Crippen LogP contribution in [0.3, 0.4) is 0 Å². The van der Waals surface area contributed by atoms with Gasteiger partial charge in [0.15, 0.2) is 5.78 Å². The van der Waals surface area contributed by atoms with Gasteiger partial charge in [-0.25, -0.2) is 0 Å². The molecule has 0 saturated carbocycles. The lowest BCUT2D eigenvalue weighted by atomic mass is 9.96. The van der Waals surface area contributed by atoms with Crippen LogP contribution in [-0.2, 0) is 11.3 Å². The fraction of sp³-hybridized carbons (Fsp3) is 0.579. The van der Waals surface area contributed by atoms with Gasteiger partial charge >= 0.3 is 0 Å². The number of Topliss-reactive ketones (excluding diaryl/α,β-unsaturated/α-hetero) is 1. The number of nitrogens with one attached hydrogen (secondary N) is 1. The average molecular weight is 347 g/mol. The zero-order valence-corrected chi connectivity index (χ0v) is 15.2. The van der Waals surface area contributed by atoms with E-state index >= 15 is 0 Å². The summed E-state index contributed by atoms with van der Waals surface area (Å²) in [5.41, 5.74) is 7.14. The number of nitrogens with zero attached hydrogens (tertiary/aromatic N) is 1. The largest absolute Gasteiger partial charge is 0.494 e. The van der Waals surface area contributed by atoms with E-state index in [2.05, 4.69) is 10.2 Å². The first kappa shape index (κ1) is 19.4. The van der Waals surface area contributed by atoms with Crippen LogP contribution in [0.15, 0.2) is 18.2 Å². The lowest BCUT2D eigenvalue weighted by Crippen LogP contribution is -2.43. The highest BCUT2D eigenvalue weighted by atomic mass is 16.5. The molecule has 0 spiro atoms. The second kappa shape index (κ2) is 9.53. The summed E-state index contributed by atoms with van der Waals surface area (Å²) in [6.45, 7) is 7.40. The fourth-order valence-corrected chi connectivity index (χ4v) is 3.21. The van der Waals surface area contributed by atoms with E-state index in [1.54, 1.807) is 13.0 Å². The van der Waals surface area contributed by atoms with Gasteiger partial charge in [-0.2, -0.15) is 0 Å². The summed E-state index contributed by atoms with van der Waals surface area (Å²) in [5, 5.41) is 2.88. The van der Waals surface area contributed by atoms with E-state index in [1.165, 1.54) is 0 Å². The van der Waals surface area contributed by atoms with Crippen LogP contribution >= 0.6 is 0 Å². The van der Waals surface area contributed by atoms with E-state index in [0.29, 0.717) is 38.3 Å². The van der Waals surface area contributed by atoms with Gasteiger partial charge in [-0.3, -0.25) is 14.5 Å². The Kier molecular flexibility index (Phi) is 7.40. The van der Waals surface area contributed by atoms with Gasteiger partial charge in [0.1, 0.15) is 5.75 Å². The Hall–Kier alpha value is -1.92. The molecule has 0 bridgehead atoms. The number of piperidine rings is 1. The smallest absolute Gasteiger partial charge is 0.224 e. The maximum absolute atomic E-state index is 12.2. The monoisotopic (exact) mass is 347 g/mol. The molecule has 1 amide bonds. The maximum Gasteiger partial charge on any atom is 0.224 e. The molecule has 0 aromatic heterocycles. The summed E-state index contributed by atoms with van der Waals surface area (Å²) < 4.78 is 5.71. The number of nitrogens with two attached hydrogens (primary N) is 1. The van der Waals surface area contributed by atoms with Crippen molar-refractivity contribution in [3.8, 4) is 5.75 Å². The third kappa shape index (κ3) is 5.54. The molecule has 1 saturated heterocycles. The zero-order chi connectivity index (χ0) is 18.2. The Bertz CT molecular complexity index is 604. The summed E-state index contributed by atoms with van der Waals surface area (Å²) >= 11 is 0. The van der Waals surface area contributed by atoms with Crippen LogP contribution in [0.5, 0.6) is 5.75 Å². The first-order chi connectivity index (χ1) is 12.0. The number of ketones is 1. The van der Waals surface area contributed by atoms with E-state index in [-0.39, 0.29) is 17.6 Å². The summed E-state index contributed by atoms with van der Waals surface area (Å²) in [6, 6.07) is 5.58. The van der Waals surface area contributed by atoms with E-state index in [9.17, 15) is 9.59 Å². The van der Waals surface area contributed by atoms with Crippen LogP contribution < -0.4 is 15.8 Å². The van der Waals surface area contributed by atoms with Crippen molar-refractivity contribution in [1.82, 2.24) is 10.2 Å². The SMILES string of the molecule is CCOc1ccc(C(C)=O)cc1CN1CCCC(C(=O)NCCN)C1. The number of hydrogen-bond acceptors (Lipinski definition) is 5. The fourth-order valence-electron chi connectivity index (χ4n) is 3.21. The first-order valence-corrected chi connectivity index (χ1v) is 9.02. The highest BCUT2D eigenvalue weighted by Gasteiger charge is 2.26. The summed E-state index contributed by atoms with van der Waals surface area (Å²) in [4.78, 5) is 26.2. The lowest BCUT2D eigenvalue weighted by molar-refractivity contribution is -0.126. The predicted octanol–water partition coefficient (Wildman–Crippen LogP) is 1.57. The lowest BCUT2D eigenvalue weighted by Gasteiger charge is -2.32. The summed E-state index contributed by atoms with van der Waals surface area (Å²) in [6.07, 6.45) is 1.88. The third-order valence-electron chi connectivity index (χ3n) is 4.48. The number of rotatable bonds is 8. The Morgan fingerprint density at radius 1 is 1.40 bits per heavy atom. The molecule has 1 aliphatic heterocycles. The van der Waals surface area contributed by atoms with E-state index in [4.69, 9.17) is 10.5 Å². The van der Waals surface area contributed by atoms with Crippen LogP contribution in [0.1, 0.15) is 42.6 Å². The molecular weight excluding hydrogens is 318 g/mol. The number of amides is 1. The Morgan fingerprint density at radius 2 is 2.20 bits per heavy atom. The van der Waals surface area contributed by atoms with Crippen LogP contribution in [-0.4, -0.2) is 49.4 Å².